The van der Waals surface area contributed by atoms with Crippen LogP contribution >= 0.6 is 11.6 Å². The van der Waals surface area contributed by atoms with Gasteiger partial charge in [0.15, 0.2) is 12.1 Å². The first-order valence-corrected chi connectivity index (χ1v) is 7.31. The summed E-state index contributed by atoms with van der Waals surface area (Å²) < 4.78 is 10.7. The average Bonchev–Trinajstić information content (AvgIpc) is 2.50. The largest absolute Gasteiger partial charge is 0.480 e. The number of carboxylic acids is 1. The van der Waals surface area contributed by atoms with E-state index in [1.807, 2.05) is 13.0 Å². The van der Waals surface area contributed by atoms with Gasteiger partial charge in [0.05, 0.1) is 18.2 Å². The Labute approximate surface area is 133 Å². The minimum absolute atomic E-state index is 0.0149. The highest BCUT2D eigenvalue weighted by molar-refractivity contribution is 6.32. The molecule has 7 heteroatoms. The zero-order chi connectivity index (χ0) is 16.3. The molecule has 1 saturated heterocycles. The highest BCUT2D eigenvalue weighted by Crippen LogP contribution is 2.26. The van der Waals surface area contributed by atoms with Crippen LogP contribution in [0.2, 0.25) is 5.02 Å². The van der Waals surface area contributed by atoms with Crippen LogP contribution in [0.25, 0.3) is 0 Å². The smallest absolute Gasteiger partial charge is 0.328 e. The molecule has 0 aliphatic carbocycles. The molecule has 1 amide bonds. The van der Waals surface area contributed by atoms with Gasteiger partial charge in [0.25, 0.3) is 5.91 Å². The summed E-state index contributed by atoms with van der Waals surface area (Å²) in [6.07, 6.45) is -0.834. The maximum absolute atomic E-state index is 12.5. The van der Waals surface area contributed by atoms with Crippen LogP contribution in [0, 0.1) is 6.92 Å². The molecule has 2 rings (SSSR count). The Kier molecular flexibility index (Phi) is 5.26. The molecule has 0 aromatic heterocycles. The van der Waals surface area contributed by atoms with E-state index in [-0.39, 0.29) is 13.2 Å². The van der Waals surface area contributed by atoms with Crippen LogP contribution in [0.3, 0.4) is 0 Å². The van der Waals surface area contributed by atoms with Gasteiger partial charge in [0, 0.05) is 6.54 Å². The number of amides is 1. The van der Waals surface area contributed by atoms with Crippen molar-refractivity contribution in [3.63, 3.8) is 0 Å². The molecule has 0 radical (unpaired) electrons. The predicted octanol–water partition coefficient (Wildman–Crippen LogP) is 1.73. The number of carbonyl (C=O) groups excluding carboxylic acids is 1. The lowest BCUT2D eigenvalue weighted by Crippen LogP contribution is -2.55. The number of nitrogens with zero attached hydrogens (tertiary/aromatic N) is 1. The van der Waals surface area contributed by atoms with Crippen LogP contribution in [0.1, 0.15) is 12.5 Å². The molecule has 120 valence electrons. The van der Waals surface area contributed by atoms with Gasteiger partial charge >= 0.3 is 5.97 Å². The summed E-state index contributed by atoms with van der Waals surface area (Å²) in [6.45, 7) is 3.99. The standard InChI is InChI=1S/C15H18ClNO5/c1-9-3-4-11(16)13(7-9)22-10(2)14(18)17-5-6-21-8-12(17)15(19)20/h3-4,7,10,12H,5-6,8H2,1-2H3,(H,19,20)/t10-,12-/m1/s1. The molecule has 6 nitrogen and oxygen atoms in total. The highest BCUT2D eigenvalue weighted by Gasteiger charge is 2.35. The first kappa shape index (κ1) is 16.6. The first-order valence-electron chi connectivity index (χ1n) is 6.94. The molecule has 22 heavy (non-hydrogen) atoms. The fourth-order valence-corrected chi connectivity index (χ4v) is 2.41. The quantitative estimate of drug-likeness (QED) is 0.911. The molecule has 1 aromatic carbocycles. The Morgan fingerprint density at radius 3 is 2.91 bits per heavy atom. The Morgan fingerprint density at radius 2 is 2.23 bits per heavy atom. The Bertz CT molecular complexity index is 577. The van der Waals surface area contributed by atoms with Crippen molar-refractivity contribution in [2.45, 2.75) is 26.0 Å². The SMILES string of the molecule is Cc1ccc(Cl)c(O[C@H](C)C(=O)N2CCOC[C@@H]2C(=O)O)c1. The van der Waals surface area contributed by atoms with Crippen molar-refractivity contribution in [3.05, 3.63) is 28.8 Å². The van der Waals surface area contributed by atoms with Gasteiger partial charge in [-0.3, -0.25) is 4.79 Å². The Morgan fingerprint density at radius 1 is 1.50 bits per heavy atom. The van der Waals surface area contributed by atoms with Crippen molar-refractivity contribution in [1.82, 2.24) is 4.90 Å². The van der Waals surface area contributed by atoms with Crippen LogP contribution in [0.4, 0.5) is 0 Å². The maximum Gasteiger partial charge on any atom is 0.328 e. The number of carbonyl (C=O) groups is 2. The lowest BCUT2D eigenvalue weighted by molar-refractivity contribution is -0.161. The van der Waals surface area contributed by atoms with Crippen LogP contribution in [0.5, 0.6) is 5.75 Å². The summed E-state index contributed by atoms with van der Waals surface area (Å²) in [5.41, 5.74) is 0.953. The van der Waals surface area contributed by atoms with E-state index in [4.69, 9.17) is 21.1 Å². The van der Waals surface area contributed by atoms with Crippen molar-refractivity contribution in [1.29, 1.82) is 0 Å². The van der Waals surface area contributed by atoms with Crippen molar-refractivity contribution in [2.75, 3.05) is 19.8 Å². The van der Waals surface area contributed by atoms with Gasteiger partial charge in [-0.2, -0.15) is 0 Å². The number of benzene rings is 1. The Hall–Kier alpha value is -1.79. The van der Waals surface area contributed by atoms with Crippen molar-refractivity contribution >= 4 is 23.5 Å². The van der Waals surface area contributed by atoms with Gasteiger partial charge in [-0.25, -0.2) is 4.79 Å². The van der Waals surface area contributed by atoms with Gasteiger partial charge in [-0.1, -0.05) is 17.7 Å². The normalized spacial score (nSPS) is 19.6. The fraction of sp³-hybridized carbons (Fsp3) is 0.467. The van der Waals surface area contributed by atoms with Crippen molar-refractivity contribution < 1.29 is 24.2 Å². The zero-order valence-corrected chi connectivity index (χ0v) is 13.2. The van der Waals surface area contributed by atoms with E-state index in [0.29, 0.717) is 17.4 Å². The number of hydrogen-bond acceptors (Lipinski definition) is 4. The lowest BCUT2D eigenvalue weighted by Gasteiger charge is -2.34. The summed E-state index contributed by atoms with van der Waals surface area (Å²) in [5.74, 6) is -1.08. The molecule has 1 aliphatic rings. The maximum atomic E-state index is 12.5. The summed E-state index contributed by atoms with van der Waals surface area (Å²) >= 11 is 6.05. The molecule has 0 unspecified atom stereocenters. The fourth-order valence-electron chi connectivity index (χ4n) is 2.25. The van der Waals surface area contributed by atoms with Crippen molar-refractivity contribution in [3.8, 4) is 5.75 Å². The minimum atomic E-state index is -1.09. The molecule has 1 aromatic rings. The molecule has 0 saturated carbocycles. The molecule has 0 bridgehead atoms. The van der Waals surface area contributed by atoms with E-state index in [9.17, 15) is 14.7 Å². The lowest BCUT2D eigenvalue weighted by atomic mass is 10.2. The third-order valence-corrected chi connectivity index (χ3v) is 3.75. The molecule has 0 spiro atoms. The van der Waals surface area contributed by atoms with Crippen LogP contribution in [-0.4, -0.2) is 53.8 Å². The van der Waals surface area contributed by atoms with Gasteiger partial charge in [0.2, 0.25) is 0 Å². The van der Waals surface area contributed by atoms with Crippen LogP contribution in [-0.2, 0) is 14.3 Å². The molecule has 1 N–H and O–H groups in total. The summed E-state index contributed by atoms with van der Waals surface area (Å²) in [5, 5.41) is 9.58. The summed E-state index contributed by atoms with van der Waals surface area (Å²) in [6, 6.07) is 4.28. The second-order valence-electron chi connectivity index (χ2n) is 5.15. The molecule has 1 heterocycles. The topological polar surface area (TPSA) is 76.1 Å². The van der Waals surface area contributed by atoms with Gasteiger partial charge in [-0.05, 0) is 31.5 Å². The summed E-state index contributed by atoms with van der Waals surface area (Å²) in [4.78, 5) is 24.9. The molecule has 1 fully saturated rings. The van der Waals surface area contributed by atoms with Crippen molar-refractivity contribution in [2.24, 2.45) is 0 Å². The molecule has 1 aliphatic heterocycles. The first-order chi connectivity index (χ1) is 10.4. The van der Waals surface area contributed by atoms with E-state index in [1.54, 1.807) is 19.1 Å². The van der Waals surface area contributed by atoms with Gasteiger partial charge < -0.3 is 19.5 Å². The van der Waals surface area contributed by atoms with E-state index in [2.05, 4.69) is 0 Å². The summed E-state index contributed by atoms with van der Waals surface area (Å²) in [7, 11) is 0. The second-order valence-corrected chi connectivity index (χ2v) is 5.56. The number of hydrogen-bond donors (Lipinski definition) is 1. The monoisotopic (exact) mass is 327 g/mol. The van der Waals surface area contributed by atoms with E-state index < -0.39 is 24.0 Å². The number of carboxylic acid groups (broad SMARTS) is 1. The highest BCUT2D eigenvalue weighted by atomic mass is 35.5. The second kappa shape index (κ2) is 6.98. The third-order valence-electron chi connectivity index (χ3n) is 3.43. The number of halogens is 1. The van der Waals surface area contributed by atoms with E-state index in [1.165, 1.54) is 4.90 Å². The number of rotatable bonds is 4. The predicted molar refractivity (Wildman–Crippen MR) is 80.2 cm³/mol. The van der Waals surface area contributed by atoms with Gasteiger partial charge in [0.1, 0.15) is 5.75 Å². The Balaban J connectivity index is 2.10. The molecule has 2 atom stereocenters. The third kappa shape index (κ3) is 3.69. The minimum Gasteiger partial charge on any atom is -0.480 e. The number of aryl methyl sites for hydroxylation is 1. The van der Waals surface area contributed by atoms with Crippen LogP contribution in [0.15, 0.2) is 18.2 Å². The number of morpholine rings is 1. The van der Waals surface area contributed by atoms with E-state index >= 15 is 0 Å². The number of aliphatic carboxylic acids is 1. The molecular formula is C15H18ClNO5. The van der Waals surface area contributed by atoms with Crippen LogP contribution < -0.4 is 4.74 Å². The van der Waals surface area contributed by atoms with Gasteiger partial charge in [-0.15, -0.1) is 0 Å². The molecular weight excluding hydrogens is 310 g/mol. The average molecular weight is 328 g/mol. The number of ether oxygens (including phenoxy) is 2. The van der Waals surface area contributed by atoms with E-state index in [0.717, 1.165) is 5.56 Å². The zero-order valence-electron chi connectivity index (χ0n) is 12.4.